The molecular weight excluding hydrogens is 255 g/mol. The first-order valence-corrected chi connectivity index (χ1v) is 6.67. The van der Waals surface area contributed by atoms with E-state index < -0.39 is 15.8 Å². The highest BCUT2D eigenvalue weighted by Crippen LogP contribution is 2.20. The first-order chi connectivity index (χ1) is 8.50. The summed E-state index contributed by atoms with van der Waals surface area (Å²) < 4.78 is 39.8. The zero-order valence-corrected chi connectivity index (χ0v) is 10.4. The standard InChI is InChI=1S/C12H11FN2O2S/c1-9-8-14-7-6-11(9)15-18(16,17)12-5-3-2-4-10(12)13/h2-8H,1H3,(H,14,15). The highest BCUT2D eigenvalue weighted by Gasteiger charge is 2.18. The zero-order chi connectivity index (χ0) is 13.2. The summed E-state index contributed by atoms with van der Waals surface area (Å²) in [5.41, 5.74) is 1.05. The Morgan fingerprint density at radius 1 is 1.22 bits per heavy atom. The minimum Gasteiger partial charge on any atom is -0.279 e. The van der Waals surface area contributed by atoms with Crippen LogP contribution in [0.3, 0.4) is 0 Å². The molecule has 0 aliphatic heterocycles. The van der Waals surface area contributed by atoms with Gasteiger partial charge in [0.25, 0.3) is 10.0 Å². The molecule has 0 aliphatic rings. The van der Waals surface area contributed by atoms with Crippen LogP contribution >= 0.6 is 0 Å². The van der Waals surface area contributed by atoms with Crippen LogP contribution in [0.1, 0.15) is 5.56 Å². The van der Waals surface area contributed by atoms with Crippen molar-refractivity contribution in [2.45, 2.75) is 11.8 Å². The first kappa shape index (κ1) is 12.5. The molecule has 0 unspecified atom stereocenters. The third-order valence-electron chi connectivity index (χ3n) is 2.39. The molecule has 1 N–H and O–H groups in total. The van der Waals surface area contributed by atoms with Gasteiger partial charge in [0.15, 0.2) is 0 Å². The van der Waals surface area contributed by atoms with Crippen LogP contribution in [0.5, 0.6) is 0 Å². The number of sulfonamides is 1. The topological polar surface area (TPSA) is 59.1 Å². The number of aryl methyl sites for hydroxylation is 1. The number of aromatic nitrogens is 1. The monoisotopic (exact) mass is 266 g/mol. The summed E-state index contributed by atoms with van der Waals surface area (Å²) in [7, 11) is -3.92. The number of nitrogens with one attached hydrogen (secondary N) is 1. The summed E-state index contributed by atoms with van der Waals surface area (Å²) >= 11 is 0. The Balaban J connectivity index is 2.40. The van der Waals surface area contributed by atoms with Gasteiger partial charge in [-0.3, -0.25) is 9.71 Å². The summed E-state index contributed by atoms with van der Waals surface area (Å²) in [5, 5.41) is 0. The Bertz CT molecular complexity index is 671. The number of hydrogen-bond acceptors (Lipinski definition) is 3. The molecule has 0 saturated carbocycles. The average molecular weight is 266 g/mol. The van der Waals surface area contributed by atoms with Crippen molar-refractivity contribution in [3.05, 3.63) is 54.1 Å². The Morgan fingerprint density at radius 2 is 1.94 bits per heavy atom. The fourth-order valence-electron chi connectivity index (χ4n) is 1.45. The lowest BCUT2D eigenvalue weighted by Gasteiger charge is -2.10. The van der Waals surface area contributed by atoms with Gasteiger partial charge in [-0.2, -0.15) is 0 Å². The maximum atomic E-state index is 13.5. The molecule has 4 nitrogen and oxygen atoms in total. The summed E-state index contributed by atoms with van der Waals surface area (Å²) in [6.45, 7) is 1.71. The van der Waals surface area contributed by atoms with Crippen LogP contribution < -0.4 is 4.72 Å². The van der Waals surface area contributed by atoms with E-state index in [1.807, 2.05) is 0 Å². The summed E-state index contributed by atoms with van der Waals surface area (Å²) in [5.74, 6) is -0.781. The van der Waals surface area contributed by atoms with E-state index in [0.29, 0.717) is 11.3 Å². The number of benzene rings is 1. The molecular formula is C12H11FN2O2S. The number of hydrogen-bond donors (Lipinski definition) is 1. The third-order valence-corrected chi connectivity index (χ3v) is 3.79. The minimum atomic E-state index is -3.92. The van der Waals surface area contributed by atoms with Crippen molar-refractivity contribution >= 4 is 15.7 Å². The zero-order valence-electron chi connectivity index (χ0n) is 9.59. The highest BCUT2D eigenvalue weighted by atomic mass is 32.2. The maximum absolute atomic E-state index is 13.5. The predicted octanol–water partition coefficient (Wildman–Crippen LogP) is 2.33. The van der Waals surface area contributed by atoms with Gasteiger partial charge in [-0.25, -0.2) is 12.8 Å². The smallest absolute Gasteiger partial charge is 0.264 e. The molecule has 0 aliphatic carbocycles. The number of rotatable bonds is 3. The fraction of sp³-hybridized carbons (Fsp3) is 0.0833. The van der Waals surface area contributed by atoms with Crippen molar-refractivity contribution in [1.29, 1.82) is 0 Å². The molecule has 1 heterocycles. The minimum absolute atomic E-state index is 0.374. The normalized spacial score (nSPS) is 11.2. The van der Waals surface area contributed by atoms with Gasteiger partial charge in [-0.15, -0.1) is 0 Å². The van der Waals surface area contributed by atoms with Crippen LogP contribution in [0.4, 0.5) is 10.1 Å². The van der Waals surface area contributed by atoms with Crippen LogP contribution in [-0.2, 0) is 10.0 Å². The second-order valence-electron chi connectivity index (χ2n) is 3.73. The average Bonchev–Trinajstić information content (AvgIpc) is 2.32. The fourth-order valence-corrected chi connectivity index (χ4v) is 2.66. The molecule has 0 spiro atoms. The van der Waals surface area contributed by atoms with E-state index in [1.165, 1.54) is 36.7 Å². The third kappa shape index (κ3) is 2.48. The van der Waals surface area contributed by atoms with E-state index in [-0.39, 0.29) is 4.90 Å². The molecule has 2 rings (SSSR count). The molecule has 6 heteroatoms. The van der Waals surface area contributed by atoms with Crippen LogP contribution in [0.2, 0.25) is 0 Å². The van der Waals surface area contributed by atoms with Gasteiger partial charge < -0.3 is 0 Å². The summed E-state index contributed by atoms with van der Waals surface area (Å²) in [6, 6.07) is 6.75. The van der Waals surface area contributed by atoms with Gasteiger partial charge in [-0.05, 0) is 30.7 Å². The quantitative estimate of drug-likeness (QED) is 0.927. The van der Waals surface area contributed by atoms with Crippen molar-refractivity contribution in [3.63, 3.8) is 0 Å². The lowest BCUT2D eigenvalue weighted by atomic mass is 10.3. The van der Waals surface area contributed by atoms with Gasteiger partial charge in [0.05, 0.1) is 5.69 Å². The van der Waals surface area contributed by atoms with Gasteiger partial charge in [0, 0.05) is 12.4 Å². The van der Waals surface area contributed by atoms with Crippen molar-refractivity contribution in [3.8, 4) is 0 Å². The molecule has 18 heavy (non-hydrogen) atoms. The molecule has 0 amide bonds. The Kier molecular flexibility index (Phi) is 3.29. The maximum Gasteiger partial charge on any atom is 0.264 e. The molecule has 0 atom stereocenters. The second-order valence-corrected chi connectivity index (χ2v) is 5.38. The van der Waals surface area contributed by atoms with Crippen LogP contribution in [0, 0.1) is 12.7 Å². The van der Waals surface area contributed by atoms with Gasteiger partial charge in [0.2, 0.25) is 0 Å². The van der Waals surface area contributed by atoms with E-state index in [9.17, 15) is 12.8 Å². The number of nitrogens with zero attached hydrogens (tertiary/aromatic N) is 1. The lowest BCUT2D eigenvalue weighted by Crippen LogP contribution is -2.15. The largest absolute Gasteiger partial charge is 0.279 e. The van der Waals surface area contributed by atoms with Crippen molar-refractivity contribution < 1.29 is 12.8 Å². The molecule has 0 fully saturated rings. The predicted molar refractivity (Wildman–Crippen MR) is 66.2 cm³/mol. The first-order valence-electron chi connectivity index (χ1n) is 5.18. The molecule has 94 valence electrons. The Labute approximate surface area is 105 Å². The second kappa shape index (κ2) is 4.73. The van der Waals surface area contributed by atoms with E-state index in [4.69, 9.17) is 0 Å². The molecule has 0 saturated heterocycles. The lowest BCUT2D eigenvalue weighted by molar-refractivity contribution is 0.570. The van der Waals surface area contributed by atoms with Gasteiger partial charge in [-0.1, -0.05) is 12.1 Å². The molecule has 1 aromatic heterocycles. The Hall–Kier alpha value is -1.95. The van der Waals surface area contributed by atoms with E-state index in [1.54, 1.807) is 6.92 Å². The highest BCUT2D eigenvalue weighted by molar-refractivity contribution is 7.92. The SMILES string of the molecule is Cc1cnccc1NS(=O)(=O)c1ccccc1F. The van der Waals surface area contributed by atoms with E-state index in [2.05, 4.69) is 9.71 Å². The molecule has 1 aromatic carbocycles. The van der Waals surface area contributed by atoms with Crippen molar-refractivity contribution in [1.82, 2.24) is 4.98 Å². The molecule has 2 aromatic rings. The molecule has 0 radical (unpaired) electrons. The Morgan fingerprint density at radius 3 is 2.61 bits per heavy atom. The van der Waals surface area contributed by atoms with Crippen LogP contribution in [0.25, 0.3) is 0 Å². The summed E-state index contributed by atoms with van der Waals surface area (Å²) in [4.78, 5) is 3.48. The van der Waals surface area contributed by atoms with Gasteiger partial charge in [0.1, 0.15) is 10.7 Å². The van der Waals surface area contributed by atoms with E-state index >= 15 is 0 Å². The number of pyridine rings is 1. The van der Waals surface area contributed by atoms with Gasteiger partial charge >= 0.3 is 0 Å². The van der Waals surface area contributed by atoms with Crippen molar-refractivity contribution in [2.75, 3.05) is 4.72 Å². The molecule has 0 bridgehead atoms. The van der Waals surface area contributed by atoms with E-state index in [0.717, 1.165) is 6.07 Å². The van der Waals surface area contributed by atoms with Crippen LogP contribution in [-0.4, -0.2) is 13.4 Å². The number of halogens is 1. The summed E-state index contributed by atoms with van der Waals surface area (Å²) in [6.07, 6.45) is 2.99. The van der Waals surface area contributed by atoms with Crippen molar-refractivity contribution in [2.24, 2.45) is 0 Å². The van der Waals surface area contributed by atoms with Crippen LogP contribution in [0.15, 0.2) is 47.6 Å². The number of anilines is 1.